The first-order valence-electron chi connectivity index (χ1n) is 9.43. The van der Waals surface area contributed by atoms with E-state index in [-0.39, 0.29) is 24.0 Å². The lowest BCUT2D eigenvalue weighted by Crippen LogP contribution is -2.41. The van der Waals surface area contributed by atoms with Gasteiger partial charge in [-0.3, -0.25) is 4.99 Å². The van der Waals surface area contributed by atoms with Crippen LogP contribution in [0.15, 0.2) is 29.4 Å². The molecule has 1 unspecified atom stereocenters. The Morgan fingerprint density at radius 2 is 2.19 bits per heavy atom. The summed E-state index contributed by atoms with van der Waals surface area (Å²) in [7, 11) is 1.84. The zero-order valence-corrected chi connectivity index (χ0v) is 18.5. The molecular formula is C20H32IN5. The summed E-state index contributed by atoms with van der Waals surface area (Å²) in [5.41, 5.74) is 3.86. The smallest absolute Gasteiger partial charge is 0.190 e. The van der Waals surface area contributed by atoms with Gasteiger partial charge in [0.2, 0.25) is 0 Å². The van der Waals surface area contributed by atoms with Crippen molar-refractivity contribution in [3.8, 4) is 0 Å². The number of nitrogens with zero attached hydrogens (tertiary/aromatic N) is 2. The number of aromatic nitrogens is 1. The lowest BCUT2D eigenvalue weighted by molar-refractivity contribution is 0.342. The van der Waals surface area contributed by atoms with E-state index in [2.05, 4.69) is 63.8 Å². The monoisotopic (exact) mass is 469 g/mol. The van der Waals surface area contributed by atoms with Crippen LogP contribution in [0.3, 0.4) is 0 Å². The first-order chi connectivity index (χ1) is 12.2. The van der Waals surface area contributed by atoms with Crippen molar-refractivity contribution in [2.75, 3.05) is 39.8 Å². The average molecular weight is 469 g/mol. The number of nitrogens with one attached hydrogen (secondary N) is 3. The lowest BCUT2D eigenvalue weighted by Gasteiger charge is -2.16. The molecule has 0 bridgehead atoms. The normalized spacial score (nSPS) is 18.1. The second-order valence-corrected chi connectivity index (χ2v) is 7.04. The third kappa shape index (κ3) is 5.36. The highest BCUT2D eigenvalue weighted by Gasteiger charge is 2.20. The zero-order valence-electron chi connectivity index (χ0n) is 16.1. The van der Waals surface area contributed by atoms with Gasteiger partial charge in [-0.2, -0.15) is 0 Å². The van der Waals surface area contributed by atoms with Crippen LogP contribution in [-0.4, -0.2) is 55.6 Å². The van der Waals surface area contributed by atoms with Gasteiger partial charge in [0.15, 0.2) is 5.96 Å². The van der Waals surface area contributed by atoms with Gasteiger partial charge in [0.05, 0.1) is 0 Å². The molecule has 5 nitrogen and oxygen atoms in total. The molecule has 1 fully saturated rings. The minimum absolute atomic E-state index is 0. The molecule has 1 saturated heterocycles. The number of guanidine groups is 1. The Labute approximate surface area is 174 Å². The molecule has 1 aromatic heterocycles. The molecule has 1 aliphatic heterocycles. The van der Waals surface area contributed by atoms with Gasteiger partial charge in [-0.05, 0) is 56.0 Å². The maximum absolute atomic E-state index is 4.35. The lowest BCUT2D eigenvalue weighted by atomic mass is 10.1. The van der Waals surface area contributed by atoms with Crippen LogP contribution >= 0.6 is 24.0 Å². The average Bonchev–Trinajstić information content (AvgIpc) is 3.24. The number of aliphatic imine (C=N–C) groups is 1. The van der Waals surface area contributed by atoms with Crippen LogP contribution in [0.1, 0.15) is 24.5 Å². The van der Waals surface area contributed by atoms with Crippen molar-refractivity contribution < 1.29 is 0 Å². The highest BCUT2D eigenvalue weighted by molar-refractivity contribution is 14.0. The quantitative estimate of drug-likeness (QED) is 0.346. The Morgan fingerprint density at radius 1 is 1.35 bits per heavy atom. The van der Waals surface area contributed by atoms with Gasteiger partial charge in [0, 0.05) is 43.8 Å². The van der Waals surface area contributed by atoms with E-state index >= 15 is 0 Å². The number of benzene rings is 1. The largest absolute Gasteiger partial charge is 0.361 e. The number of H-pyrrole nitrogens is 1. The van der Waals surface area contributed by atoms with Crippen LogP contribution in [0.25, 0.3) is 10.9 Å². The van der Waals surface area contributed by atoms with Gasteiger partial charge in [-0.25, -0.2) is 0 Å². The minimum Gasteiger partial charge on any atom is -0.361 e. The molecule has 3 rings (SSSR count). The molecule has 144 valence electrons. The molecule has 1 aliphatic rings. The van der Waals surface area contributed by atoms with Gasteiger partial charge in [-0.15, -0.1) is 24.0 Å². The Bertz CT molecular complexity index is 724. The molecule has 0 spiro atoms. The topological polar surface area (TPSA) is 55.4 Å². The molecule has 0 radical (unpaired) electrons. The standard InChI is InChI=1S/C20H31N5.HI/c1-4-25-10-8-16(14-25)12-24-20(21-3)22-9-7-17-13-23-19-11-15(2)5-6-18(17)19;/h5-6,11,13,16,23H,4,7-10,12,14H2,1-3H3,(H2,21,22,24);1H. The maximum atomic E-state index is 4.35. The number of hydrogen-bond donors (Lipinski definition) is 3. The predicted octanol–water partition coefficient (Wildman–Crippen LogP) is 3.14. The highest BCUT2D eigenvalue weighted by Crippen LogP contribution is 2.19. The Hall–Kier alpha value is -1.28. The van der Waals surface area contributed by atoms with E-state index in [0.29, 0.717) is 0 Å². The van der Waals surface area contributed by atoms with Crippen molar-refractivity contribution in [2.45, 2.75) is 26.7 Å². The van der Waals surface area contributed by atoms with Crippen LogP contribution in [0.4, 0.5) is 0 Å². The summed E-state index contributed by atoms with van der Waals surface area (Å²) < 4.78 is 0. The van der Waals surface area contributed by atoms with E-state index in [4.69, 9.17) is 0 Å². The number of fused-ring (bicyclic) bond motifs is 1. The van der Waals surface area contributed by atoms with E-state index in [9.17, 15) is 0 Å². The van der Waals surface area contributed by atoms with Crippen LogP contribution in [0, 0.1) is 12.8 Å². The van der Waals surface area contributed by atoms with Crippen LogP contribution in [-0.2, 0) is 6.42 Å². The number of hydrogen-bond acceptors (Lipinski definition) is 2. The van der Waals surface area contributed by atoms with Gasteiger partial charge in [0.1, 0.15) is 0 Å². The molecular weight excluding hydrogens is 437 g/mol. The van der Waals surface area contributed by atoms with Gasteiger partial charge >= 0.3 is 0 Å². The fourth-order valence-electron chi connectivity index (χ4n) is 3.65. The molecule has 6 heteroatoms. The molecule has 1 aromatic carbocycles. The summed E-state index contributed by atoms with van der Waals surface area (Å²) in [5.74, 6) is 1.64. The van der Waals surface area contributed by atoms with Crippen molar-refractivity contribution in [1.82, 2.24) is 20.5 Å². The van der Waals surface area contributed by atoms with Crippen molar-refractivity contribution in [3.05, 3.63) is 35.5 Å². The van der Waals surface area contributed by atoms with E-state index in [1.54, 1.807) is 0 Å². The summed E-state index contributed by atoms with van der Waals surface area (Å²) in [4.78, 5) is 10.2. The summed E-state index contributed by atoms with van der Waals surface area (Å²) in [6.07, 6.45) is 4.39. The van der Waals surface area contributed by atoms with Crippen LogP contribution in [0.2, 0.25) is 0 Å². The van der Waals surface area contributed by atoms with Gasteiger partial charge in [0.25, 0.3) is 0 Å². The molecule has 26 heavy (non-hydrogen) atoms. The van der Waals surface area contributed by atoms with Crippen molar-refractivity contribution in [2.24, 2.45) is 10.9 Å². The second kappa shape index (κ2) is 10.2. The van der Waals surface area contributed by atoms with Crippen LogP contribution in [0.5, 0.6) is 0 Å². The Kier molecular flexibility index (Phi) is 8.21. The zero-order chi connectivity index (χ0) is 17.6. The summed E-state index contributed by atoms with van der Waals surface area (Å²) in [6, 6.07) is 6.59. The minimum atomic E-state index is 0. The molecule has 0 amide bonds. The Morgan fingerprint density at radius 3 is 2.92 bits per heavy atom. The molecule has 2 heterocycles. The highest BCUT2D eigenvalue weighted by atomic mass is 127. The van der Waals surface area contributed by atoms with Crippen LogP contribution < -0.4 is 10.6 Å². The summed E-state index contributed by atoms with van der Waals surface area (Å²) >= 11 is 0. The fraction of sp³-hybridized carbons (Fsp3) is 0.550. The van der Waals surface area contributed by atoms with E-state index in [0.717, 1.165) is 37.9 Å². The van der Waals surface area contributed by atoms with Crippen molar-refractivity contribution >= 4 is 40.8 Å². The van der Waals surface area contributed by atoms with Crippen molar-refractivity contribution in [1.29, 1.82) is 0 Å². The number of aryl methyl sites for hydroxylation is 1. The first kappa shape index (κ1) is 21.0. The second-order valence-electron chi connectivity index (χ2n) is 7.04. The molecule has 0 aliphatic carbocycles. The van der Waals surface area contributed by atoms with Crippen molar-refractivity contribution in [3.63, 3.8) is 0 Å². The summed E-state index contributed by atoms with van der Waals surface area (Å²) in [5, 5.41) is 8.25. The molecule has 2 aromatic rings. The van der Waals surface area contributed by atoms with Gasteiger partial charge in [-0.1, -0.05) is 19.1 Å². The molecule has 0 saturated carbocycles. The Balaban J connectivity index is 0.00000243. The van der Waals surface area contributed by atoms with Gasteiger partial charge < -0.3 is 20.5 Å². The third-order valence-corrected chi connectivity index (χ3v) is 5.21. The molecule has 1 atom stereocenters. The van der Waals surface area contributed by atoms with E-state index in [1.807, 2.05) is 7.05 Å². The third-order valence-electron chi connectivity index (χ3n) is 5.21. The SMILES string of the molecule is CCN1CCC(CNC(=NC)NCCc2c[nH]c3cc(C)ccc23)C1.I. The van der Waals surface area contributed by atoms with E-state index in [1.165, 1.54) is 41.5 Å². The number of rotatable bonds is 6. The van der Waals surface area contributed by atoms with E-state index < -0.39 is 0 Å². The maximum Gasteiger partial charge on any atom is 0.190 e. The summed E-state index contributed by atoms with van der Waals surface area (Å²) in [6.45, 7) is 9.84. The molecule has 3 N–H and O–H groups in total. The predicted molar refractivity (Wildman–Crippen MR) is 122 cm³/mol. The number of aromatic amines is 1. The first-order valence-corrected chi connectivity index (χ1v) is 9.43. The fourth-order valence-corrected chi connectivity index (χ4v) is 3.65. The number of likely N-dealkylation sites (tertiary alicyclic amines) is 1. The number of halogens is 1.